The molecule has 0 aliphatic carbocycles. The van der Waals surface area contributed by atoms with E-state index >= 15 is 0 Å². The lowest BCUT2D eigenvalue weighted by atomic mass is 10.1. The fourth-order valence-electron chi connectivity index (χ4n) is 1.87. The molecule has 0 radical (unpaired) electrons. The Hall–Kier alpha value is -2.76. The van der Waals surface area contributed by atoms with Crippen LogP contribution < -0.4 is 0 Å². The van der Waals surface area contributed by atoms with Gasteiger partial charge >= 0.3 is 11.9 Å². The van der Waals surface area contributed by atoms with Gasteiger partial charge < -0.3 is 14.9 Å². The van der Waals surface area contributed by atoms with Gasteiger partial charge in [0.15, 0.2) is 0 Å². The summed E-state index contributed by atoms with van der Waals surface area (Å²) >= 11 is 0. The van der Waals surface area contributed by atoms with E-state index in [1.165, 1.54) is 19.9 Å². The van der Waals surface area contributed by atoms with E-state index in [0.717, 1.165) is 11.1 Å². The highest BCUT2D eigenvalue weighted by atomic mass is 16.6. The van der Waals surface area contributed by atoms with Crippen molar-refractivity contribution in [3.8, 4) is 0 Å². The van der Waals surface area contributed by atoms with Crippen molar-refractivity contribution in [2.24, 2.45) is 0 Å². The molecule has 1 unspecified atom stereocenters. The third-order valence-corrected chi connectivity index (χ3v) is 3.39. The summed E-state index contributed by atoms with van der Waals surface area (Å²) in [6, 6.07) is 8.02. The molecule has 0 spiro atoms. The van der Waals surface area contributed by atoms with Gasteiger partial charge in [-0.1, -0.05) is 56.2 Å². The number of hydrogen-bond acceptors (Lipinski definition) is 5. The zero-order chi connectivity index (χ0) is 20.8. The van der Waals surface area contributed by atoms with Gasteiger partial charge in [0.25, 0.3) is 0 Å². The van der Waals surface area contributed by atoms with Crippen LogP contribution in [0.15, 0.2) is 61.2 Å². The van der Waals surface area contributed by atoms with Crippen LogP contribution in [0.1, 0.15) is 37.8 Å². The van der Waals surface area contributed by atoms with Crippen LogP contribution in [0, 0.1) is 0 Å². The normalized spacial score (nSPS) is 11.5. The minimum atomic E-state index is -0.838. The number of rotatable bonds is 8. The van der Waals surface area contributed by atoms with E-state index in [4.69, 9.17) is 5.11 Å². The minimum absolute atomic E-state index is 0.0253. The molecule has 1 aromatic carbocycles. The molecular weight excluding hydrogens is 344 g/mol. The summed E-state index contributed by atoms with van der Waals surface area (Å²) in [5, 5.41) is 18.0. The van der Waals surface area contributed by atoms with Gasteiger partial charge in [-0.05, 0) is 43.9 Å². The standard InChI is InChI=1S/C12H18O5.C10H10/c1-8(2)11(15)17-12(16)9(3)7-10(14)5-4-6-13;1-3-9-7-5-6-8-10(9)4-2/h7,10,13-14H,1,4-6H2,2-3H3;3-8H,1-2H2. The largest absolute Gasteiger partial charge is 0.396 e. The molecule has 0 bridgehead atoms. The number of aliphatic hydroxyl groups excluding tert-OH is 2. The second kappa shape index (κ2) is 13.4. The Morgan fingerprint density at radius 3 is 2.04 bits per heavy atom. The fraction of sp³-hybridized carbons (Fsp3) is 0.273. The molecule has 0 aliphatic heterocycles. The second-order valence-electron chi connectivity index (χ2n) is 5.78. The lowest BCUT2D eigenvalue weighted by Crippen LogP contribution is -2.15. The SMILES string of the molecule is C=C(C)C(=O)OC(=O)C(C)=CC(O)CCCO.C=Cc1ccccc1C=C. The summed E-state index contributed by atoms with van der Waals surface area (Å²) in [6.07, 6.45) is 4.90. The predicted molar refractivity (Wildman–Crippen MR) is 109 cm³/mol. The Bertz CT molecular complexity index is 673. The molecule has 27 heavy (non-hydrogen) atoms. The van der Waals surface area contributed by atoms with Crippen LogP contribution in [0.3, 0.4) is 0 Å². The lowest BCUT2D eigenvalue weighted by molar-refractivity contribution is -0.154. The molecule has 0 aliphatic rings. The Morgan fingerprint density at radius 2 is 1.63 bits per heavy atom. The van der Waals surface area contributed by atoms with Crippen molar-refractivity contribution in [2.75, 3.05) is 6.61 Å². The van der Waals surface area contributed by atoms with Gasteiger partial charge in [-0.3, -0.25) is 0 Å². The quantitative estimate of drug-likeness (QED) is 0.413. The van der Waals surface area contributed by atoms with E-state index in [1.54, 1.807) is 0 Å². The molecule has 0 heterocycles. The number of aliphatic hydroxyl groups is 2. The first-order valence-corrected chi connectivity index (χ1v) is 8.50. The average Bonchev–Trinajstić information content (AvgIpc) is 2.66. The van der Waals surface area contributed by atoms with Crippen molar-refractivity contribution in [1.29, 1.82) is 0 Å². The molecule has 5 nitrogen and oxygen atoms in total. The summed E-state index contributed by atoms with van der Waals surface area (Å²) in [6.45, 7) is 13.6. The number of esters is 2. The lowest BCUT2D eigenvalue weighted by Gasteiger charge is -2.06. The fourth-order valence-corrected chi connectivity index (χ4v) is 1.87. The molecular formula is C22H28O5. The van der Waals surface area contributed by atoms with E-state index in [0.29, 0.717) is 12.8 Å². The van der Waals surface area contributed by atoms with E-state index in [-0.39, 0.29) is 17.8 Å². The summed E-state index contributed by atoms with van der Waals surface area (Å²) in [7, 11) is 0. The van der Waals surface area contributed by atoms with Gasteiger partial charge in [-0.2, -0.15) is 0 Å². The maximum Gasteiger partial charge on any atom is 0.341 e. The van der Waals surface area contributed by atoms with Crippen LogP contribution in [-0.2, 0) is 14.3 Å². The molecule has 0 saturated heterocycles. The van der Waals surface area contributed by atoms with Gasteiger partial charge in [0, 0.05) is 17.8 Å². The van der Waals surface area contributed by atoms with Crippen molar-refractivity contribution in [1.82, 2.24) is 0 Å². The van der Waals surface area contributed by atoms with Crippen LogP contribution >= 0.6 is 0 Å². The Labute approximate surface area is 161 Å². The van der Waals surface area contributed by atoms with Gasteiger partial charge in [0.1, 0.15) is 0 Å². The first-order valence-electron chi connectivity index (χ1n) is 8.50. The third-order valence-electron chi connectivity index (χ3n) is 3.39. The zero-order valence-electron chi connectivity index (χ0n) is 16.0. The van der Waals surface area contributed by atoms with E-state index in [2.05, 4.69) is 24.5 Å². The smallest absolute Gasteiger partial charge is 0.341 e. The van der Waals surface area contributed by atoms with Crippen LogP contribution in [0.4, 0.5) is 0 Å². The average molecular weight is 372 g/mol. The molecule has 1 rings (SSSR count). The van der Waals surface area contributed by atoms with Crippen LogP contribution in [0.5, 0.6) is 0 Å². The van der Waals surface area contributed by atoms with Gasteiger partial charge in [-0.25, -0.2) is 9.59 Å². The predicted octanol–water partition coefficient (Wildman–Crippen LogP) is 3.68. The van der Waals surface area contributed by atoms with Crippen molar-refractivity contribution >= 4 is 24.1 Å². The van der Waals surface area contributed by atoms with Gasteiger partial charge in [0.05, 0.1) is 6.10 Å². The molecule has 0 saturated carbocycles. The van der Waals surface area contributed by atoms with Gasteiger partial charge in [-0.15, -0.1) is 0 Å². The van der Waals surface area contributed by atoms with Crippen molar-refractivity contribution in [3.63, 3.8) is 0 Å². The molecule has 146 valence electrons. The summed E-state index contributed by atoms with van der Waals surface area (Å²) in [5.41, 5.74) is 2.55. The van der Waals surface area contributed by atoms with E-state index < -0.39 is 18.0 Å². The van der Waals surface area contributed by atoms with Gasteiger partial charge in [0.2, 0.25) is 0 Å². The van der Waals surface area contributed by atoms with Crippen molar-refractivity contribution in [2.45, 2.75) is 32.8 Å². The molecule has 0 fully saturated rings. The summed E-state index contributed by atoms with van der Waals surface area (Å²) in [4.78, 5) is 22.4. The molecule has 5 heteroatoms. The molecule has 1 aromatic rings. The van der Waals surface area contributed by atoms with Crippen molar-refractivity contribution in [3.05, 3.63) is 72.4 Å². The highest BCUT2D eigenvalue weighted by molar-refractivity contribution is 6.01. The number of ether oxygens (including phenoxy) is 1. The van der Waals surface area contributed by atoms with E-state index in [9.17, 15) is 14.7 Å². The van der Waals surface area contributed by atoms with E-state index in [1.807, 2.05) is 36.4 Å². The van der Waals surface area contributed by atoms with Crippen LogP contribution in [-0.4, -0.2) is 34.9 Å². The number of carbonyl (C=O) groups is 2. The minimum Gasteiger partial charge on any atom is -0.396 e. The number of carbonyl (C=O) groups excluding carboxylic acids is 2. The topological polar surface area (TPSA) is 83.8 Å². The Morgan fingerprint density at radius 1 is 1.11 bits per heavy atom. The molecule has 1 atom stereocenters. The zero-order valence-corrected chi connectivity index (χ0v) is 16.0. The monoisotopic (exact) mass is 372 g/mol. The Kier molecular flexibility index (Phi) is 12.1. The molecule has 0 amide bonds. The highest BCUT2D eigenvalue weighted by Gasteiger charge is 2.13. The second-order valence-corrected chi connectivity index (χ2v) is 5.78. The first-order chi connectivity index (χ1) is 12.8. The van der Waals surface area contributed by atoms with Crippen LogP contribution in [0.25, 0.3) is 12.2 Å². The van der Waals surface area contributed by atoms with Crippen LogP contribution in [0.2, 0.25) is 0 Å². The summed E-state index contributed by atoms with van der Waals surface area (Å²) in [5.74, 6) is -1.59. The highest BCUT2D eigenvalue weighted by Crippen LogP contribution is 2.10. The van der Waals surface area contributed by atoms with Crippen molar-refractivity contribution < 1.29 is 24.5 Å². The first kappa shape index (κ1) is 24.2. The summed E-state index contributed by atoms with van der Waals surface area (Å²) < 4.78 is 4.47. The molecule has 2 N–H and O–H groups in total. The third kappa shape index (κ3) is 10.1. The maximum absolute atomic E-state index is 11.4. The number of hydrogen-bond donors (Lipinski definition) is 2. The molecule has 0 aromatic heterocycles. The number of benzene rings is 1. The maximum atomic E-state index is 11.4. The Balaban J connectivity index is 0.000000569.